The molecule has 66 heavy (non-hydrogen) atoms. The Morgan fingerprint density at radius 3 is 2.00 bits per heavy atom. The SMILES string of the molecule is CC[C@H](C)[C@@H]([C@@H](CC(=O)N1CCC[C@H]1[C@H](OC)[C@@H](C)C(=O)N[C@H](C)[C@@H](O)c1ccccc1)OC)N(C)C(=O)[C@@H](NC(=O)[C@H](C(C)C)N(C)C(=O)CCCC(=O)ON1C(=O)CCC1=O)C(C)C. The fourth-order valence-electron chi connectivity index (χ4n) is 9.10. The highest BCUT2D eigenvalue weighted by atomic mass is 16.7. The molecular formula is C48H76N6O12. The Hall–Kier alpha value is -4.94. The molecule has 0 aliphatic carbocycles. The van der Waals surface area contributed by atoms with Crippen LogP contribution in [0.25, 0.3) is 0 Å². The molecule has 370 valence electrons. The Kier molecular flexibility index (Phi) is 21.7. The summed E-state index contributed by atoms with van der Waals surface area (Å²) in [5, 5.41) is 17.2. The molecule has 0 radical (unpaired) electrons. The van der Waals surface area contributed by atoms with Crippen molar-refractivity contribution < 1.29 is 57.8 Å². The minimum absolute atomic E-state index is 0.0367. The number of methoxy groups -OCH3 is 2. The largest absolute Gasteiger partial charge is 0.386 e. The Balaban J connectivity index is 1.71. The fraction of sp³-hybridized carbons (Fsp3) is 0.708. The number of carbonyl (C=O) groups is 8. The van der Waals surface area contributed by atoms with Gasteiger partial charge in [-0.05, 0) is 49.5 Å². The smallest absolute Gasteiger partial charge is 0.333 e. The molecule has 3 rings (SSSR count). The monoisotopic (exact) mass is 929 g/mol. The second kappa shape index (κ2) is 25.8. The molecule has 18 heteroatoms. The van der Waals surface area contributed by atoms with Gasteiger partial charge in [-0.2, -0.15) is 0 Å². The molecule has 18 nitrogen and oxygen atoms in total. The van der Waals surface area contributed by atoms with Crippen LogP contribution in [0.15, 0.2) is 30.3 Å². The van der Waals surface area contributed by atoms with Crippen LogP contribution in [0.3, 0.4) is 0 Å². The van der Waals surface area contributed by atoms with Crippen LogP contribution in [-0.4, -0.2) is 149 Å². The molecule has 2 fully saturated rings. The highest BCUT2D eigenvalue weighted by Crippen LogP contribution is 2.30. The van der Waals surface area contributed by atoms with Crippen molar-refractivity contribution in [1.29, 1.82) is 0 Å². The van der Waals surface area contributed by atoms with E-state index < -0.39 is 89.9 Å². The second-order valence-corrected chi connectivity index (χ2v) is 18.6. The van der Waals surface area contributed by atoms with E-state index in [1.165, 1.54) is 26.2 Å². The van der Waals surface area contributed by atoms with Gasteiger partial charge in [-0.1, -0.05) is 85.2 Å². The number of likely N-dealkylation sites (tertiary alicyclic amines) is 1. The van der Waals surface area contributed by atoms with E-state index in [2.05, 4.69) is 10.6 Å². The molecule has 0 saturated carbocycles. The van der Waals surface area contributed by atoms with Gasteiger partial charge in [0, 0.05) is 60.5 Å². The van der Waals surface area contributed by atoms with E-state index >= 15 is 0 Å². The summed E-state index contributed by atoms with van der Waals surface area (Å²) >= 11 is 0. The predicted molar refractivity (Wildman–Crippen MR) is 244 cm³/mol. The van der Waals surface area contributed by atoms with Crippen molar-refractivity contribution in [2.75, 3.05) is 34.9 Å². The maximum absolute atomic E-state index is 14.5. The van der Waals surface area contributed by atoms with Gasteiger partial charge in [0.25, 0.3) is 11.8 Å². The summed E-state index contributed by atoms with van der Waals surface area (Å²) in [4.78, 5) is 115. The van der Waals surface area contributed by atoms with Crippen molar-refractivity contribution >= 4 is 47.3 Å². The molecule has 0 aromatic heterocycles. The standard InChI is InChI=1S/C48H76N6O12/c1-13-30(6)43(35(64-11)27-39(58)53-26-18-21-34(53)45(65-12)31(7)46(61)49-32(8)44(60)33-19-15-14-16-20-33)52(10)48(63)41(28(2)3)50-47(62)42(29(4)5)51(9)36(55)22-17-23-40(59)66-54-37(56)24-25-38(54)57/h14-16,19-20,28-32,34-35,41-45,60H,13,17-18,21-27H2,1-12H3,(H,49,61)(H,50,62)/t30-,31+,32+,34-,35+,41-,42-,43-,44+,45+/m0/s1. The van der Waals surface area contributed by atoms with E-state index in [-0.39, 0.29) is 68.1 Å². The summed E-state index contributed by atoms with van der Waals surface area (Å²) in [6.07, 6.45) is -0.788. The number of benzene rings is 1. The highest BCUT2D eigenvalue weighted by molar-refractivity contribution is 6.01. The zero-order valence-corrected chi connectivity index (χ0v) is 41.1. The number of hydroxylamine groups is 2. The van der Waals surface area contributed by atoms with Crippen molar-refractivity contribution in [1.82, 2.24) is 30.4 Å². The number of nitrogens with zero attached hydrogens (tertiary/aromatic N) is 4. The fourth-order valence-corrected chi connectivity index (χ4v) is 9.10. The molecule has 2 aliphatic rings. The maximum Gasteiger partial charge on any atom is 0.333 e. The molecule has 0 bridgehead atoms. The molecular weight excluding hydrogens is 853 g/mol. The summed E-state index contributed by atoms with van der Waals surface area (Å²) in [5.74, 6) is -5.47. The van der Waals surface area contributed by atoms with E-state index in [1.807, 2.05) is 32.0 Å². The maximum atomic E-state index is 14.5. The number of amides is 7. The van der Waals surface area contributed by atoms with E-state index in [4.69, 9.17) is 14.3 Å². The van der Waals surface area contributed by atoms with E-state index in [0.717, 1.165) is 0 Å². The molecule has 1 aromatic rings. The van der Waals surface area contributed by atoms with Gasteiger partial charge in [-0.3, -0.25) is 33.6 Å². The number of aliphatic hydroxyl groups is 1. The summed E-state index contributed by atoms with van der Waals surface area (Å²) in [5.41, 5.74) is 0.679. The first kappa shape index (κ1) is 55.4. The third-order valence-electron chi connectivity index (χ3n) is 13.2. The van der Waals surface area contributed by atoms with Gasteiger partial charge in [0.15, 0.2) is 0 Å². The van der Waals surface area contributed by atoms with Gasteiger partial charge in [0.05, 0.1) is 48.8 Å². The summed E-state index contributed by atoms with van der Waals surface area (Å²) < 4.78 is 12.0. The number of likely N-dealkylation sites (N-methyl/N-ethyl adjacent to an activating group) is 2. The third-order valence-corrected chi connectivity index (χ3v) is 13.2. The molecule has 7 amide bonds. The lowest BCUT2D eigenvalue weighted by molar-refractivity contribution is -0.197. The molecule has 1 aromatic carbocycles. The van der Waals surface area contributed by atoms with E-state index in [9.17, 15) is 43.5 Å². The van der Waals surface area contributed by atoms with Gasteiger partial charge >= 0.3 is 5.97 Å². The van der Waals surface area contributed by atoms with Crippen LogP contribution < -0.4 is 10.6 Å². The third kappa shape index (κ3) is 14.3. The lowest BCUT2D eigenvalue weighted by atomic mass is 9.89. The van der Waals surface area contributed by atoms with E-state index in [0.29, 0.717) is 36.4 Å². The molecule has 0 spiro atoms. The number of ether oxygens (including phenoxy) is 2. The van der Waals surface area contributed by atoms with Gasteiger partial charge < -0.3 is 44.8 Å². The van der Waals surface area contributed by atoms with Crippen molar-refractivity contribution in [3.05, 3.63) is 35.9 Å². The highest BCUT2D eigenvalue weighted by Gasteiger charge is 2.44. The Morgan fingerprint density at radius 1 is 0.833 bits per heavy atom. The van der Waals surface area contributed by atoms with Gasteiger partial charge in [0.2, 0.25) is 29.5 Å². The van der Waals surface area contributed by atoms with E-state index in [1.54, 1.807) is 70.5 Å². The number of nitrogens with one attached hydrogen (secondary N) is 2. The molecule has 0 unspecified atom stereocenters. The van der Waals surface area contributed by atoms with Gasteiger partial charge in [-0.15, -0.1) is 5.06 Å². The van der Waals surface area contributed by atoms with Crippen LogP contribution in [0.4, 0.5) is 0 Å². The predicted octanol–water partition coefficient (Wildman–Crippen LogP) is 3.55. The summed E-state index contributed by atoms with van der Waals surface area (Å²) in [6, 6.07) is 5.52. The number of carbonyl (C=O) groups excluding carboxylic acids is 8. The number of hydrogen-bond acceptors (Lipinski definition) is 12. The first-order valence-electron chi connectivity index (χ1n) is 23.4. The first-order chi connectivity index (χ1) is 31.1. The Morgan fingerprint density at radius 2 is 1.45 bits per heavy atom. The normalized spacial score (nSPS) is 19.3. The van der Waals surface area contributed by atoms with Crippen molar-refractivity contribution in [3.63, 3.8) is 0 Å². The molecule has 10 atom stereocenters. The second-order valence-electron chi connectivity index (χ2n) is 18.6. The summed E-state index contributed by atoms with van der Waals surface area (Å²) in [7, 11) is 6.15. The van der Waals surface area contributed by atoms with Crippen LogP contribution in [0.5, 0.6) is 0 Å². The number of hydrogen-bond donors (Lipinski definition) is 3. The number of aliphatic hydroxyl groups excluding tert-OH is 1. The topological polar surface area (TPSA) is 221 Å². The van der Waals surface area contributed by atoms with Crippen LogP contribution in [-0.2, 0) is 52.7 Å². The van der Waals surface area contributed by atoms with Gasteiger partial charge in [0.1, 0.15) is 12.1 Å². The van der Waals surface area contributed by atoms with Crippen molar-refractivity contribution in [3.8, 4) is 0 Å². The number of rotatable bonds is 25. The molecule has 3 N–H and O–H groups in total. The van der Waals surface area contributed by atoms with Crippen LogP contribution >= 0.6 is 0 Å². The van der Waals surface area contributed by atoms with Crippen LogP contribution in [0.2, 0.25) is 0 Å². The average molecular weight is 929 g/mol. The lowest BCUT2D eigenvalue weighted by Crippen LogP contribution is -2.60. The number of imide groups is 1. The lowest BCUT2D eigenvalue weighted by Gasteiger charge is -2.41. The minimum atomic E-state index is -1.01. The minimum Gasteiger partial charge on any atom is -0.386 e. The molecule has 2 aliphatic heterocycles. The average Bonchev–Trinajstić information content (AvgIpc) is 3.90. The zero-order valence-electron chi connectivity index (χ0n) is 41.1. The van der Waals surface area contributed by atoms with Crippen molar-refractivity contribution in [2.24, 2.45) is 23.7 Å². The summed E-state index contributed by atoms with van der Waals surface area (Å²) in [6.45, 7) is 15.1. The van der Waals surface area contributed by atoms with Crippen LogP contribution in [0, 0.1) is 23.7 Å². The molecule has 2 heterocycles. The Bertz CT molecular complexity index is 1810. The Labute approximate surface area is 390 Å². The quantitative estimate of drug-likeness (QED) is 0.120. The van der Waals surface area contributed by atoms with Gasteiger partial charge in [-0.25, -0.2) is 4.79 Å². The first-order valence-corrected chi connectivity index (χ1v) is 23.4. The van der Waals surface area contributed by atoms with Crippen LogP contribution in [0.1, 0.15) is 125 Å². The zero-order chi connectivity index (χ0) is 49.6. The van der Waals surface area contributed by atoms with Crippen molar-refractivity contribution in [2.45, 2.75) is 162 Å². The molecule has 2 saturated heterocycles.